The molecule has 1 aromatic carbocycles. The first-order valence-corrected chi connectivity index (χ1v) is 8.35. The van der Waals surface area contributed by atoms with Gasteiger partial charge in [-0.05, 0) is 71.4 Å². The molecule has 3 heteroatoms. The van der Waals surface area contributed by atoms with Gasteiger partial charge in [-0.2, -0.15) is 0 Å². The van der Waals surface area contributed by atoms with Crippen molar-refractivity contribution in [1.29, 1.82) is 0 Å². The number of pyridine rings is 1. The highest BCUT2D eigenvalue weighted by atomic mass is 79.9. The largest absolute Gasteiger partial charge is 0.314 e. The summed E-state index contributed by atoms with van der Waals surface area (Å²) in [4.78, 5) is 4.26. The van der Waals surface area contributed by atoms with Gasteiger partial charge in [-0.15, -0.1) is 0 Å². The Morgan fingerprint density at radius 1 is 1.24 bits per heavy atom. The molecule has 1 N–H and O–H groups in total. The van der Waals surface area contributed by atoms with Crippen LogP contribution in [0.15, 0.2) is 47.2 Å². The Morgan fingerprint density at radius 3 is 2.76 bits per heavy atom. The van der Waals surface area contributed by atoms with E-state index in [9.17, 15) is 0 Å². The highest BCUT2D eigenvalue weighted by Crippen LogP contribution is 2.15. The molecule has 1 heterocycles. The lowest BCUT2D eigenvalue weighted by Crippen LogP contribution is -2.31. The second-order valence-corrected chi connectivity index (χ2v) is 6.35. The van der Waals surface area contributed by atoms with Gasteiger partial charge in [-0.3, -0.25) is 4.98 Å². The fourth-order valence-corrected chi connectivity index (χ4v) is 3.05. The minimum Gasteiger partial charge on any atom is -0.314 e. The minimum absolute atomic E-state index is 0.491. The Kier molecular flexibility index (Phi) is 6.40. The zero-order chi connectivity index (χ0) is 15.1. The molecular weight excluding hydrogens is 324 g/mol. The van der Waals surface area contributed by atoms with Crippen LogP contribution in [-0.4, -0.2) is 17.6 Å². The number of halogens is 1. The third-order valence-corrected chi connectivity index (χ3v) is 4.19. The standard InChI is InChI=1S/C18H23BrN2/c1-3-21-18(11-15-10-17(19)13-20-12-15)9-8-16-7-5-4-6-14(16)2/h4-7,10,12-13,18,21H,3,8-9,11H2,1-2H3. The van der Waals surface area contributed by atoms with Crippen LogP contribution in [0, 0.1) is 6.92 Å². The molecule has 0 saturated heterocycles. The van der Waals surface area contributed by atoms with Crippen molar-refractivity contribution >= 4 is 15.9 Å². The molecule has 2 nitrogen and oxygen atoms in total. The maximum atomic E-state index is 4.26. The van der Waals surface area contributed by atoms with E-state index in [0.29, 0.717) is 6.04 Å². The zero-order valence-corrected chi connectivity index (χ0v) is 14.4. The Hall–Kier alpha value is -1.19. The van der Waals surface area contributed by atoms with Gasteiger partial charge in [0.05, 0.1) is 0 Å². The van der Waals surface area contributed by atoms with Gasteiger partial charge in [0.25, 0.3) is 0 Å². The van der Waals surface area contributed by atoms with Crippen molar-refractivity contribution in [1.82, 2.24) is 10.3 Å². The molecule has 0 saturated carbocycles. The molecule has 0 aliphatic heterocycles. The van der Waals surface area contributed by atoms with Gasteiger partial charge in [-0.1, -0.05) is 31.2 Å². The Bertz CT molecular complexity index is 569. The summed E-state index contributed by atoms with van der Waals surface area (Å²) in [6, 6.07) is 11.3. The number of hydrogen-bond acceptors (Lipinski definition) is 2. The van der Waals surface area contributed by atoms with Crippen molar-refractivity contribution in [3.05, 3.63) is 63.9 Å². The van der Waals surface area contributed by atoms with Gasteiger partial charge in [-0.25, -0.2) is 0 Å². The molecule has 21 heavy (non-hydrogen) atoms. The van der Waals surface area contributed by atoms with E-state index in [1.165, 1.54) is 16.7 Å². The molecule has 0 fully saturated rings. The van der Waals surface area contributed by atoms with E-state index in [2.05, 4.69) is 70.4 Å². The highest BCUT2D eigenvalue weighted by molar-refractivity contribution is 9.10. The molecule has 2 aromatic rings. The van der Waals surface area contributed by atoms with Gasteiger partial charge in [0, 0.05) is 22.9 Å². The second kappa shape index (κ2) is 8.30. The smallest absolute Gasteiger partial charge is 0.0410 e. The van der Waals surface area contributed by atoms with Crippen LogP contribution in [0.1, 0.15) is 30.0 Å². The van der Waals surface area contributed by atoms with Gasteiger partial charge in [0.1, 0.15) is 0 Å². The first-order chi connectivity index (χ1) is 10.2. The SMILES string of the molecule is CCNC(CCc1ccccc1C)Cc1cncc(Br)c1. The summed E-state index contributed by atoms with van der Waals surface area (Å²) in [6.45, 7) is 5.36. The summed E-state index contributed by atoms with van der Waals surface area (Å²) in [5.74, 6) is 0. The number of aryl methyl sites for hydroxylation is 2. The van der Waals surface area contributed by atoms with Crippen LogP contribution in [0.2, 0.25) is 0 Å². The molecule has 0 aliphatic carbocycles. The average Bonchev–Trinajstić information content (AvgIpc) is 2.46. The Balaban J connectivity index is 1.97. The molecule has 0 spiro atoms. The number of nitrogens with one attached hydrogen (secondary N) is 1. The van der Waals surface area contributed by atoms with Gasteiger partial charge in [0.15, 0.2) is 0 Å². The number of rotatable bonds is 7. The summed E-state index contributed by atoms with van der Waals surface area (Å²) in [5.41, 5.74) is 4.12. The average molecular weight is 347 g/mol. The molecular formula is C18H23BrN2. The van der Waals surface area contributed by atoms with Crippen molar-refractivity contribution in [2.75, 3.05) is 6.54 Å². The van der Waals surface area contributed by atoms with E-state index < -0.39 is 0 Å². The van der Waals surface area contributed by atoms with Gasteiger partial charge >= 0.3 is 0 Å². The topological polar surface area (TPSA) is 24.9 Å². The molecule has 1 aromatic heterocycles. The minimum atomic E-state index is 0.491. The van der Waals surface area contributed by atoms with Crippen LogP contribution < -0.4 is 5.32 Å². The number of likely N-dealkylation sites (N-methyl/N-ethyl adjacent to an activating group) is 1. The normalized spacial score (nSPS) is 12.3. The van der Waals surface area contributed by atoms with Crippen LogP contribution in [-0.2, 0) is 12.8 Å². The van der Waals surface area contributed by atoms with Crippen LogP contribution >= 0.6 is 15.9 Å². The van der Waals surface area contributed by atoms with E-state index in [0.717, 1.165) is 30.3 Å². The number of benzene rings is 1. The number of nitrogens with zero attached hydrogens (tertiary/aromatic N) is 1. The predicted octanol–water partition coefficient (Wildman–Crippen LogP) is 4.31. The molecule has 0 radical (unpaired) electrons. The fourth-order valence-electron chi connectivity index (χ4n) is 2.64. The fraction of sp³-hybridized carbons (Fsp3) is 0.389. The molecule has 0 aliphatic rings. The first kappa shape index (κ1) is 16.2. The summed E-state index contributed by atoms with van der Waals surface area (Å²) >= 11 is 3.49. The molecule has 1 unspecified atom stereocenters. The van der Waals surface area contributed by atoms with Crippen molar-refractivity contribution in [3.63, 3.8) is 0 Å². The van der Waals surface area contributed by atoms with Gasteiger partial charge in [0.2, 0.25) is 0 Å². The molecule has 1 atom stereocenters. The van der Waals surface area contributed by atoms with E-state index in [-0.39, 0.29) is 0 Å². The highest BCUT2D eigenvalue weighted by Gasteiger charge is 2.10. The Morgan fingerprint density at radius 2 is 2.05 bits per heavy atom. The van der Waals surface area contributed by atoms with Crippen LogP contribution in [0.25, 0.3) is 0 Å². The first-order valence-electron chi connectivity index (χ1n) is 7.56. The summed E-state index contributed by atoms with van der Waals surface area (Å²) in [5, 5.41) is 3.60. The lowest BCUT2D eigenvalue weighted by molar-refractivity contribution is 0.490. The van der Waals surface area contributed by atoms with Crippen molar-refractivity contribution in [2.45, 2.75) is 39.2 Å². The predicted molar refractivity (Wildman–Crippen MR) is 92.6 cm³/mol. The van der Waals surface area contributed by atoms with E-state index in [1.54, 1.807) is 0 Å². The lowest BCUT2D eigenvalue weighted by atomic mass is 9.97. The molecule has 2 rings (SSSR count). The van der Waals surface area contributed by atoms with Crippen LogP contribution in [0.5, 0.6) is 0 Å². The lowest BCUT2D eigenvalue weighted by Gasteiger charge is -2.18. The zero-order valence-electron chi connectivity index (χ0n) is 12.8. The van der Waals surface area contributed by atoms with Crippen LogP contribution in [0.3, 0.4) is 0 Å². The van der Waals surface area contributed by atoms with Gasteiger partial charge < -0.3 is 5.32 Å². The second-order valence-electron chi connectivity index (χ2n) is 5.44. The summed E-state index contributed by atoms with van der Waals surface area (Å²) < 4.78 is 1.05. The van der Waals surface area contributed by atoms with Crippen molar-refractivity contribution in [2.24, 2.45) is 0 Å². The third kappa shape index (κ3) is 5.25. The quantitative estimate of drug-likeness (QED) is 0.808. The summed E-state index contributed by atoms with van der Waals surface area (Å²) in [6.07, 6.45) is 7.07. The number of hydrogen-bond donors (Lipinski definition) is 1. The van der Waals surface area contributed by atoms with E-state index in [1.807, 2.05) is 12.4 Å². The van der Waals surface area contributed by atoms with Crippen molar-refractivity contribution in [3.8, 4) is 0 Å². The van der Waals surface area contributed by atoms with E-state index in [4.69, 9.17) is 0 Å². The third-order valence-electron chi connectivity index (χ3n) is 3.76. The van der Waals surface area contributed by atoms with E-state index >= 15 is 0 Å². The molecule has 112 valence electrons. The molecule has 0 amide bonds. The molecule has 0 bridgehead atoms. The maximum Gasteiger partial charge on any atom is 0.0410 e. The maximum absolute atomic E-state index is 4.26. The van der Waals surface area contributed by atoms with Crippen LogP contribution in [0.4, 0.5) is 0 Å². The monoisotopic (exact) mass is 346 g/mol. The van der Waals surface area contributed by atoms with Crippen molar-refractivity contribution < 1.29 is 0 Å². The Labute approximate surface area is 136 Å². The summed E-state index contributed by atoms with van der Waals surface area (Å²) in [7, 11) is 0. The number of aromatic nitrogens is 1.